The van der Waals surface area contributed by atoms with Gasteiger partial charge in [-0.15, -0.1) is 5.10 Å². The number of hydrogen-bond donors (Lipinski definition) is 1. The molecule has 0 amide bonds. The second kappa shape index (κ2) is 5.82. The summed E-state index contributed by atoms with van der Waals surface area (Å²) in [5, 5.41) is 8.59. The maximum atomic E-state index is 6.24. The van der Waals surface area contributed by atoms with Crippen molar-refractivity contribution in [3.8, 4) is 0 Å². The van der Waals surface area contributed by atoms with E-state index in [1.165, 1.54) is 0 Å². The third kappa shape index (κ3) is 2.74. The predicted molar refractivity (Wildman–Crippen MR) is 75.5 cm³/mol. The van der Waals surface area contributed by atoms with Crippen molar-refractivity contribution in [2.75, 3.05) is 0 Å². The summed E-state index contributed by atoms with van der Waals surface area (Å²) >= 11 is 9.59. The molecule has 1 aromatic carbocycles. The summed E-state index contributed by atoms with van der Waals surface area (Å²) in [6.07, 6.45) is 2.68. The topological polar surface area (TPSA) is 56.7 Å². The molecule has 4 nitrogen and oxygen atoms in total. The van der Waals surface area contributed by atoms with Crippen LogP contribution in [0.5, 0.6) is 0 Å². The lowest BCUT2D eigenvalue weighted by molar-refractivity contribution is 0.543. The molecule has 1 unspecified atom stereocenters. The molecule has 96 valence electrons. The van der Waals surface area contributed by atoms with E-state index in [2.05, 4.69) is 33.2 Å². The van der Waals surface area contributed by atoms with Gasteiger partial charge in [-0.25, -0.2) is 4.68 Å². The van der Waals surface area contributed by atoms with Crippen LogP contribution in [0.15, 0.2) is 28.9 Å². The minimum Gasteiger partial charge on any atom is -0.319 e. The molecule has 2 N–H and O–H groups in total. The first-order valence-electron chi connectivity index (χ1n) is 5.72. The van der Waals surface area contributed by atoms with Gasteiger partial charge in [0.15, 0.2) is 0 Å². The molecule has 0 aliphatic rings. The Labute approximate surface area is 119 Å². The summed E-state index contributed by atoms with van der Waals surface area (Å²) in [6.45, 7) is 2.89. The minimum absolute atomic E-state index is 0.313. The number of aromatic nitrogens is 3. The number of benzene rings is 1. The van der Waals surface area contributed by atoms with Gasteiger partial charge in [0.05, 0.1) is 17.9 Å². The second-order valence-corrected chi connectivity index (χ2v) is 5.35. The zero-order chi connectivity index (χ0) is 13.1. The lowest BCUT2D eigenvalue weighted by atomic mass is 10.1. The summed E-state index contributed by atoms with van der Waals surface area (Å²) in [6, 6.07) is 5.37. The normalized spacial score (nSPS) is 12.7. The zero-order valence-electron chi connectivity index (χ0n) is 9.98. The molecule has 1 atom stereocenters. The first-order valence-corrected chi connectivity index (χ1v) is 6.89. The van der Waals surface area contributed by atoms with Gasteiger partial charge in [0, 0.05) is 16.0 Å². The Hall–Kier alpha value is -0.910. The predicted octanol–water partition coefficient (Wildman–Crippen LogP) is 3.15. The van der Waals surface area contributed by atoms with Crippen LogP contribution in [0, 0.1) is 0 Å². The number of nitrogens with zero attached hydrogens (tertiary/aromatic N) is 3. The van der Waals surface area contributed by atoms with Gasteiger partial charge in [0.1, 0.15) is 0 Å². The summed E-state index contributed by atoms with van der Waals surface area (Å²) < 4.78 is 2.76. The van der Waals surface area contributed by atoms with Crippen LogP contribution in [-0.4, -0.2) is 15.0 Å². The van der Waals surface area contributed by atoms with Crippen LogP contribution in [0.4, 0.5) is 0 Å². The molecular weight excluding hydrogens is 316 g/mol. The van der Waals surface area contributed by atoms with E-state index < -0.39 is 0 Å². The summed E-state index contributed by atoms with van der Waals surface area (Å²) in [5.74, 6) is 0. The number of halogens is 2. The Morgan fingerprint density at radius 3 is 2.94 bits per heavy atom. The number of nitrogens with two attached hydrogens (primary N) is 1. The molecule has 0 spiro atoms. The molecule has 2 aromatic rings. The fourth-order valence-corrected chi connectivity index (χ4v) is 2.60. The minimum atomic E-state index is -0.313. The van der Waals surface area contributed by atoms with Crippen molar-refractivity contribution in [2.24, 2.45) is 5.73 Å². The van der Waals surface area contributed by atoms with Gasteiger partial charge >= 0.3 is 0 Å². The Kier molecular flexibility index (Phi) is 4.37. The van der Waals surface area contributed by atoms with Crippen molar-refractivity contribution < 1.29 is 0 Å². The molecule has 0 aliphatic heterocycles. The van der Waals surface area contributed by atoms with Crippen molar-refractivity contribution >= 4 is 27.5 Å². The summed E-state index contributed by atoms with van der Waals surface area (Å²) in [4.78, 5) is 0. The highest BCUT2D eigenvalue weighted by molar-refractivity contribution is 9.10. The smallest absolute Gasteiger partial charge is 0.0800 e. The van der Waals surface area contributed by atoms with E-state index in [1.807, 2.05) is 22.9 Å². The SMILES string of the molecule is CCCn1nncc1C(N)c1ccc(Br)cc1Cl. The molecule has 0 fully saturated rings. The molecule has 0 bridgehead atoms. The average molecular weight is 330 g/mol. The molecule has 0 saturated heterocycles. The Balaban J connectivity index is 2.35. The van der Waals surface area contributed by atoms with Gasteiger partial charge in [-0.05, 0) is 24.1 Å². The van der Waals surface area contributed by atoms with E-state index in [0.717, 1.165) is 28.7 Å². The van der Waals surface area contributed by atoms with Crippen LogP contribution in [0.3, 0.4) is 0 Å². The quantitative estimate of drug-likeness (QED) is 0.937. The van der Waals surface area contributed by atoms with Crippen molar-refractivity contribution in [3.63, 3.8) is 0 Å². The van der Waals surface area contributed by atoms with E-state index >= 15 is 0 Å². The fourth-order valence-electron chi connectivity index (χ4n) is 1.81. The highest BCUT2D eigenvalue weighted by Crippen LogP contribution is 2.28. The average Bonchev–Trinajstić information content (AvgIpc) is 2.77. The van der Waals surface area contributed by atoms with Crippen LogP contribution in [0.25, 0.3) is 0 Å². The maximum Gasteiger partial charge on any atom is 0.0800 e. The van der Waals surface area contributed by atoms with E-state index in [4.69, 9.17) is 17.3 Å². The van der Waals surface area contributed by atoms with Crippen LogP contribution in [0.2, 0.25) is 5.02 Å². The first-order chi connectivity index (χ1) is 8.63. The van der Waals surface area contributed by atoms with Crippen LogP contribution >= 0.6 is 27.5 Å². The standard InChI is InChI=1S/C12H14BrClN4/c1-2-5-18-11(7-16-17-18)12(15)9-4-3-8(13)6-10(9)14/h3-4,6-7,12H,2,5,15H2,1H3. The van der Waals surface area contributed by atoms with Crippen LogP contribution in [-0.2, 0) is 6.54 Å². The molecule has 2 rings (SSSR count). The lowest BCUT2D eigenvalue weighted by Gasteiger charge is -2.15. The highest BCUT2D eigenvalue weighted by Gasteiger charge is 2.17. The van der Waals surface area contributed by atoms with E-state index in [1.54, 1.807) is 6.20 Å². The highest BCUT2D eigenvalue weighted by atomic mass is 79.9. The van der Waals surface area contributed by atoms with Gasteiger partial charge in [-0.3, -0.25) is 0 Å². The van der Waals surface area contributed by atoms with Crippen molar-refractivity contribution in [1.29, 1.82) is 0 Å². The Morgan fingerprint density at radius 1 is 1.50 bits per heavy atom. The number of aryl methyl sites for hydroxylation is 1. The molecule has 1 heterocycles. The van der Waals surface area contributed by atoms with Gasteiger partial charge in [-0.2, -0.15) is 0 Å². The molecule has 1 aromatic heterocycles. The van der Waals surface area contributed by atoms with E-state index in [0.29, 0.717) is 5.02 Å². The largest absolute Gasteiger partial charge is 0.319 e. The number of rotatable bonds is 4. The molecule has 0 radical (unpaired) electrons. The van der Waals surface area contributed by atoms with Crippen LogP contribution in [0.1, 0.15) is 30.6 Å². The van der Waals surface area contributed by atoms with Gasteiger partial charge in [0.25, 0.3) is 0 Å². The third-order valence-corrected chi connectivity index (χ3v) is 3.52. The molecule has 0 saturated carbocycles. The number of hydrogen-bond acceptors (Lipinski definition) is 3. The molecule has 0 aliphatic carbocycles. The van der Waals surface area contributed by atoms with Gasteiger partial charge < -0.3 is 5.73 Å². The van der Waals surface area contributed by atoms with E-state index in [9.17, 15) is 0 Å². The first kappa shape index (κ1) is 13.5. The van der Waals surface area contributed by atoms with E-state index in [-0.39, 0.29) is 6.04 Å². The molecule has 6 heteroatoms. The van der Waals surface area contributed by atoms with Crippen molar-refractivity contribution in [1.82, 2.24) is 15.0 Å². The summed E-state index contributed by atoms with van der Waals surface area (Å²) in [7, 11) is 0. The maximum absolute atomic E-state index is 6.24. The lowest BCUT2D eigenvalue weighted by Crippen LogP contribution is -2.18. The summed E-state index contributed by atoms with van der Waals surface area (Å²) in [5.41, 5.74) is 7.99. The second-order valence-electron chi connectivity index (χ2n) is 4.03. The van der Waals surface area contributed by atoms with Gasteiger partial charge in [0.2, 0.25) is 0 Å². The molecule has 18 heavy (non-hydrogen) atoms. The molecular formula is C12H14BrClN4. The monoisotopic (exact) mass is 328 g/mol. The third-order valence-electron chi connectivity index (χ3n) is 2.70. The van der Waals surface area contributed by atoms with Crippen molar-refractivity contribution in [2.45, 2.75) is 25.9 Å². The zero-order valence-corrected chi connectivity index (χ0v) is 12.3. The van der Waals surface area contributed by atoms with Crippen LogP contribution < -0.4 is 5.73 Å². The Morgan fingerprint density at radius 2 is 2.28 bits per heavy atom. The van der Waals surface area contributed by atoms with Crippen molar-refractivity contribution in [3.05, 3.63) is 45.1 Å². The Bertz CT molecular complexity index is 541. The van der Waals surface area contributed by atoms with Gasteiger partial charge in [-0.1, -0.05) is 45.7 Å². The fraction of sp³-hybridized carbons (Fsp3) is 0.333.